The van der Waals surface area contributed by atoms with Gasteiger partial charge in [0.1, 0.15) is 13.2 Å². The predicted molar refractivity (Wildman–Crippen MR) is 86.3 cm³/mol. The van der Waals surface area contributed by atoms with Crippen LogP contribution in [0.3, 0.4) is 0 Å². The summed E-state index contributed by atoms with van der Waals surface area (Å²) >= 11 is 5.58. The first kappa shape index (κ1) is 15.9. The first-order valence-electron chi connectivity index (χ1n) is 7.72. The first-order valence-corrected chi connectivity index (χ1v) is 8.26. The van der Waals surface area contributed by atoms with Gasteiger partial charge in [-0.15, -0.1) is 11.6 Å². The van der Waals surface area contributed by atoms with Gasteiger partial charge in [-0.05, 0) is 18.6 Å². The molecular formula is C16H19ClN2O4. The van der Waals surface area contributed by atoms with Crippen molar-refractivity contribution in [2.24, 2.45) is 0 Å². The summed E-state index contributed by atoms with van der Waals surface area (Å²) in [6.45, 7) is 1.50. The normalized spacial score (nSPS) is 19.8. The lowest BCUT2D eigenvalue weighted by Crippen LogP contribution is -2.37. The van der Waals surface area contributed by atoms with Gasteiger partial charge in [0.05, 0.1) is 6.04 Å². The minimum absolute atomic E-state index is 0.00989. The van der Waals surface area contributed by atoms with E-state index in [0.717, 1.165) is 5.69 Å². The monoisotopic (exact) mass is 338 g/mol. The smallest absolute Gasteiger partial charge is 0.229 e. The molecule has 1 aromatic rings. The van der Waals surface area contributed by atoms with E-state index in [1.54, 1.807) is 4.90 Å². The number of alkyl halides is 1. The fourth-order valence-corrected chi connectivity index (χ4v) is 2.91. The van der Waals surface area contributed by atoms with Gasteiger partial charge >= 0.3 is 0 Å². The van der Waals surface area contributed by atoms with Crippen molar-refractivity contribution < 1.29 is 19.1 Å². The van der Waals surface area contributed by atoms with Crippen molar-refractivity contribution in [3.8, 4) is 11.5 Å². The highest BCUT2D eigenvalue weighted by Gasteiger charge is 2.32. The van der Waals surface area contributed by atoms with E-state index < -0.39 is 0 Å². The molecule has 3 rings (SSSR count). The zero-order valence-corrected chi connectivity index (χ0v) is 13.5. The van der Waals surface area contributed by atoms with E-state index in [1.165, 1.54) is 0 Å². The van der Waals surface area contributed by atoms with Gasteiger partial charge in [0.2, 0.25) is 11.8 Å². The van der Waals surface area contributed by atoms with E-state index in [2.05, 4.69) is 5.32 Å². The highest BCUT2D eigenvalue weighted by Crippen LogP contribution is 2.35. The van der Waals surface area contributed by atoms with Crippen molar-refractivity contribution in [2.45, 2.75) is 25.3 Å². The van der Waals surface area contributed by atoms with Gasteiger partial charge in [-0.2, -0.15) is 0 Å². The van der Waals surface area contributed by atoms with Crippen molar-refractivity contribution in [3.63, 3.8) is 0 Å². The van der Waals surface area contributed by atoms with Crippen molar-refractivity contribution in [2.75, 3.05) is 30.5 Å². The first-order chi connectivity index (χ1) is 11.2. The lowest BCUT2D eigenvalue weighted by molar-refractivity contribution is -0.121. The molecule has 0 aliphatic carbocycles. The summed E-state index contributed by atoms with van der Waals surface area (Å²) in [5.41, 5.74) is 0.761. The number of rotatable bonds is 5. The molecule has 1 unspecified atom stereocenters. The van der Waals surface area contributed by atoms with Crippen LogP contribution in [0.4, 0.5) is 5.69 Å². The van der Waals surface area contributed by atoms with Crippen LogP contribution in [0.2, 0.25) is 0 Å². The van der Waals surface area contributed by atoms with Gasteiger partial charge in [0.25, 0.3) is 0 Å². The summed E-state index contributed by atoms with van der Waals surface area (Å²) < 4.78 is 11.0. The zero-order chi connectivity index (χ0) is 16.2. The highest BCUT2D eigenvalue weighted by atomic mass is 35.5. The Hall–Kier alpha value is -1.95. The maximum absolute atomic E-state index is 12.2. The topological polar surface area (TPSA) is 67.9 Å². The number of nitrogens with one attached hydrogen (secondary N) is 1. The maximum atomic E-state index is 12.2. The van der Waals surface area contributed by atoms with Crippen LogP contribution in [0.25, 0.3) is 0 Å². The molecule has 0 aromatic heterocycles. The third-order valence-electron chi connectivity index (χ3n) is 3.87. The molecule has 0 radical (unpaired) electrons. The van der Waals surface area contributed by atoms with E-state index in [1.807, 2.05) is 18.2 Å². The molecule has 6 nitrogen and oxygen atoms in total. The third kappa shape index (κ3) is 3.69. The Morgan fingerprint density at radius 2 is 2.09 bits per heavy atom. The second-order valence-corrected chi connectivity index (χ2v) is 5.97. The second kappa shape index (κ2) is 7.08. The van der Waals surface area contributed by atoms with Gasteiger partial charge in [-0.3, -0.25) is 9.59 Å². The minimum atomic E-state index is -0.168. The van der Waals surface area contributed by atoms with Gasteiger partial charge in [0, 0.05) is 37.0 Å². The average Bonchev–Trinajstić information content (AvgIpc) is 2.92. The van der Waals surface area contributed by atoms with E-state index in [0.29, 0.717) is 56.4 Å². The fraction of sp³-hybridized carbons (Fsp3) is 0.500. The number of hydrogen-bond donors (Lipinski definition) is 1. The zero-order valence-electron chi connectivity index (χ0n) is 12.7. The Morgan fingerprint density at radius 3 is 2.87 bits per heavy atom. The number of nitrogens with zero attached hydrogens (tertiary/aromatic N) is 1. The van der Waals surface area contributed by atoms with Crippen LogP contribution in [0.5, 0.6) is 11.5 Å². The van der Waals surface area contributed by atoms with Crippen LogP contribution >= 0.6 is 11.6 Å². The van der Waals surface area contributed by atoms with Crippen LogP contribution in [0, 0.1) is 0 Å². The molecule has 1 aromatic carbocycles. The molecule has 2 amide bonds. The molecule has 1 saturated heterocycles. The standard InChI is InChI=1S/C16H19ClN2O4/c17-5-1-2-15(20)18-11-8-16(21)19(10-11)12-3-4-13-14(9-12)23-7-6-22-13/h3-4,9,11H,1-2,5-8,10H2,(H,18,20). The number of carbonyl (C=O) groups excluding carboxylic acids is 2. The molecule has 0 saturated carbocycles. The molecule has 2 heterocycles. The average molecular weight is 339 g/mol. The second-order valence-electron chi connectivity index (χ2n) is 5.59. The molecule has 124 valence electrons. The summed E-state index contributed by atoms with van der Waals surface area (Å²) in [7, 11) is 0. The maximum Gasteiger partial charge on any atom is 0.229 e. The van der Waals surface area contributed by atoms with Gasteiger partial charge in [-0.1, -0.05) is 0 Å². The van der Waals surface area contributed by atoms with Crippen LogP contribution in [-0.4, -0.2) is 43.5 Å². The Morgan fingerprint density at radius 1 is 1.30 bits per heavy atom. The number of hydrogen-bond acceptors (Lipinski definition) is 4. The number of anilines is 1. The SMILES string of the molecule is O=C(CCCCl)NC1CC(=O)N(c2ccc3c(c2)OCCO3)C1. The van der Waals surface area contributed by atoms with E-state index in [-0.39, 0.29) is 17.9 Å². The third-order valence-corrected chi connectivity index (χ3v) is 4.13. The van der Waals surface area contributed by atoms with Gasteiger partial charge in [0.15, 0.2) is 11.5 Å². The Labute approximate surface area is 139 Å². The van der Waals surface area contributed by atoms with Crippen LogP contribution in [0.15, 0.2) is 18.2 Å². The van der Waals surface area contributed by atoms with E-state index in [4.69, 9.17) is 21.1 Å². The quantitative estimate of drug-likeness (QED) is 0.830. The fourth-order valence-electron chi connectivity index (χ4n) is 2.78. The molecular weight excluding hydrogens is 320 g/mol. The number of benzene rings is 1. The Balaban J connectivity index is 1.65. The molecule has 0 bridgehead atoms. The summed E-state index contributed by atoms with van der Waals surface area (Å²) in [4.78, 5) is 25.7. The molecule has 23 heavy (non-hydrogen) atoms. The predicted octanol–water partition coefficient (Wildman–Crippen LogP) is 1.70. The number of fused-ring (bicyclic) bond motifs is 1. The molecule has 0 spiro atoms. The number of carbonyl (C=O) groups is 2. The number of ether oxygens (including phenoxy) is 2. The summed E-state index contributed by atoms with van der Waals surface area (Å²) in [5.74, 6) is 1.73. The molecule has 2 aliphatic heterocycles. The van der Waals surface area contributed by atoms with Crippen LogP contribution in [0.1, 0.15) is 19.3 Å². The largest absolute Gasteiger partial charge is 0.486 e. The molecule has 1 atom stereocenters. The summed E-state index contributed by atoms with van der Waals surface area (Å²) in [5, 5.41) is 2.89. The Kier molecular flexibility index (Phi) is 4.91. The van der Waals surface area contributed by atoms with E-state index >= 15 is 0 Å². The summed E-state index contributed by atoms with van der Waals surface area (Å²) in [6, 6.07) is 5.29. The molecule has 7 heteroatoms. The highest BCUT2D eigenvalue weighted by molar-refractivity contribution is 6.17. The van der Waals surface area contributed by atoms with Crippen molar-refractivity contribution in [3.05, 3.63) is 18.2 Å². The lowest BCUT2D eigenvalue weighted by atomic mass is 10.2. The van der Waals surface area contributed by atoms with Crippen LogP contribution < -0.4 is 19.7 Å². The van der Waals surface area contributed by atoms with Gasteiger partial charge < -0.3 is 19.7 Å². The lowest BCUT2D eigenvalue weighted by Gasteiger charge is -2.22. The van der Waals surface area contributed by atoms with Crippen molar-refractivity contribution in [1.82, 2.24) is 5.32 Å². The van der Waals surface area contributed by atoms with Crippen molar-refractivity contribution in [1.29, 1.82) is 0 Å². The molecule has 1 fully saturated rings. The van der Waals surface area contributed by atoms with Crippen molar-refractivity contribution >= 4 is 29.1 Å². The van der Waals surface area contributed by atoms with Crippen LogP contribution in [-0.2, 0) is 9.59 Å². The Bertz CT molecular complexity index is 608. The summed E-state index contributed by atoms with van der Waals surface area (Å²) in [6.07, 6.45) is 1.33. The number of amides is 2. The molecule has 1 N–H and O–H groups in total. The van der Waals surface area contributed by atoms with E-state index in [9.17, 15) is 9.59 Å². The minimum Gasteiger partial charge on any atom is -0.486 e. The van der Waals surface area contributed by atoms with Gasteiger partial charge in [-0.25, -0.2) is 0 Å². The molecule has 2 aliphatic rings. The number of halogens is 1.